The zero-order valence-electron chi connectivity index (χ0n) is 7.76. The molecule has 3 nitrogen and oxygen atoms in total. The van der Waals surface area contributed by atoms with Gasteiger partial charge in [0.2, 0.25) is 0 Å². The molecule has 1 N–H and O–H groups in total. The number of furan rings is 1. The molecule has 1 heterocycles. The molecular weight excluding hydrogens is 246 g/mol. The number of carbonyl (C=O) groups is 1. The lowest BCUT2D eigenvalue weighted by Crippen LogP contribution is -2.24. The minimum atomic E-state index is -0.160. The first kappa shape index (κ1) is 10.9. The Morgan fingerprint density at radius 2 is 2.50 bits per heavy atom. The third kappa shape index (κ3) is 2.64. The second-order valence-corrected chi connectivity index (χ2v) is 3.51. The van der Waals surface area contributed by atoms with Gasteiger partial charge in [-0.2, -0.15) is 0 Å². The zero-order valence-corrected chi connectivity index (χ0v) is 9.35. The van der Waals surface area contributed by atoms with Gasteiger partial charge in [0.1, 0.15) is 5.76 Å². The molecule has 14 heavy (non-hydrogen) atoms. The first-order valence-corrected chi connectivity index (χ1v) is 4.92. The highest BCUT2D eigenvalue weighted by molar-refractivity contribution is 9.10. The fourth-order valence-corrected chi connectivity index (χ4v) is 1.49. The van der Waals surface area contributed by atoms with Gasteiger partial charge in [0.25, 0.3) is 5.91 Å². The maximum Gasteiger partial charge on any atom is 0.254 e. The Balaban J connectivity index is 2.61. The predicted octanol–water partition coefficient (Wildman–Crippen LogP) is 2.10. The van der Waals surface area contributed by atoms with Crippen LogP contribution in [0.1, 0.15) is 22.5 Å². The van der Waals surface area contributed by atoms with Crippen LogP contribution >= 0.6 is 15.9 Å². The van der Waals surface area contributed by atoms with E-state index < -0.39 is 0 Å². The summed E-state index contributed by atoms with van der Waals surface area (Å²) in [4.78, 5) is 11.5. The highest BCUT2D eigenvalue weighted by Gasteiger charge is 2.12. The van der Waals surface area contributed by atoms with Crippen LogP contribution in [0.3, 0.4) is 0 Å². The highest BCUT2D eigenvalue weighted by atomic mass is 79.9. The number of hydrogen-bond acceptors (Lipinski definition) is 2. The van der Waals surface area contributed by atoms with Crippen molar-refractivity contribution in [3.05, 3.63) is 22.1 Å². The lowest BCUT2D eigenvalue weighted by Gasteiger charge is -2.00. The normalized spacial score (nSPS) is 9.50. The molecule has 0 saturated heterocycles. The first-order valence-electron chi connectivity index (χ1n) is 4.12. The molecule has 1 rings (SSSR count). The molecule has 0 aliphatic carbocycles. The largest absolute Gasteiger partial charge is 0.454 e. The molecule has 0 aromatic carbocycles. The van der Waals surface area contributed by atoms with Gasteiger partial charge in [0.15, 0.2) is 4.67 Å². The Labute approximate surface area is 91.0 Å². The summed E-state index contributed by atoms with van der Waals surface area (Å²) in [5.74, 6) is 2.88. The molecule has 4 heteroatoms. The fourth-order valence-electron chi connectivity index (χ4n) is 1.01. The zero-order chi connectivity index (χ0) is 10.6. The quantitative estimate of drug-likeness (QED) is 0.664. The Morgan fingerprint density at radius 3 is 3.00 bits per heavy atom. The smallest absolute Gasteiger partial charge is 0.254 e. The van der Waals surface area contributed by atoms with Gasteiger partial charge in [0.05, 0.1) is 5.56 Å². The summed E-state index contributed by atoms with van der Waals surface area (Å²) in [5.41, 5.74) is 0.536. The maximum absolute atomic E-state index is 11.5. The first-order chi connectivity index (χ1) is 6.65. The van der Waals surface area contributed by atoms with Crippen molar-refractivity contribution in [3.63, 3.8) is 0 Å². The van der Waals surface area contributed by atoms with Crippen LogP contribution in [0, 0.1) is 19.3 Å². The van der Waals surface area contributed by atoms with E-state index in [1.807, 2.05) is 0 Å². The predicted molar refractivity (Wildman–Crippen MR) is 56.9 cm³/mol. The summed E-state index contributed by atoms with van der Waals surface area (Å²) >= 11 is 3.15. The van der Waals surface area contributed by atoms with Crippen LogP contribution in [0.4, 0.5) is 0 Å². The topological polar surface area (TPSA) is 42.2 Å². The third-order valence-corrected chi connectivity index (χ3v) is 2.08. The van der Waals surface area contributed by atoms with Crippen LogP contribution in [-0.4, -0.2) is 12.5 Å². The number of aryl methyl sites for hydroxylation is 1. The van der Waals surface area contributed by atoms with Gasteiger partial charge >= 0.3 is 0 Å². The van der Waals surface area contributed by atoms with Gasteiger partial charge < -0.3 is 9.73 Å². The minimum Gasteiger partial charge on any atom is -0.454 e. The van der Waals surface area contributed by atoms with E-state index in [-0.39, 0.29) is 5.91 Å². The van der Waals surface area contributed by atoms with Crippen LogP contribution < -0.4 is 5.32 Å². The number of amides is 1. The second-order valence-electron chi connectivity index (χ2n) is 2.73. The Kier molecular flexibility index (Phi) is 3.78. The van der Waals surface area contributed by atoms with Gasteiger partial charge in [-0.3, -0.25) is 4.79 Å². The molecule has 1 aromatic rings. The second kappa shape index (κ2) is 4.87. The van der Waals surface area contributed by atoms with Crippen LogP contribution in [0.2, 0.25) is 0 Å². The summed E-state index contributed by atoms with van der Waals surface area (Å²) in [7, 11) is 0. The number of nitrogens with one attached hydrogen (secondary N) is 1. The van der Waals surface area contributed by atoms with Gasteiger partial charge in [-0.15, -0.1) is 12.3 Å². The van der Waals surface area contributed by atoms with E-state index in [4.69, 9.17) is 10.8 Å². The van der Waals surface area contributed by atoms with Crippen molar-refractivity contribution in [2.45, 2.75) is 13.3 Å². The molecular formula is C10H10BrNO2. The van der Waals surface area contributed by atoms with Crippen LogP contribution in [-0.2, 0) is 0 Å². The average Bonchev–Trinajstić information content (AvgIpc) is 2.45. The number of carbonyl (C=O) groups excluding carboxylic acids is 1. The van der Waals surface area contributed by atoms with Crippen molar-refractivity contribution >= 4 is 21.8 Å². The molecule has 0 saturated carbocycles. The molecule has 0 radical (unpaired) electrons. The molecule has 0 aliphatic rings. The van der Waals surface area contributed by atoms with Crippen molar-refractivity contribution in [1.29, 1.82) is 0 Å². The number of terminal acetylenes is 1. The third-order valence-electron chi connectivity index (χ3n) is 1.69. The molecule has 1 aromatic heterocycles. The molecule has 0 bridgehead atoms. The molecule has 0 atom stereocenters. The van der Waals surface area contributed by atoms with Crippen molar-refractivity contribution in [2.24, 2.45) is 0 Å². The van der Waals surface area contributed by atoms with Crippen molar-refractivity contribution in [1.82, 2.24) is 5.32 Å². The summed E-state index contributed by atoms with van der Waals surface area (Å²) in [6, 6.07) is 1.64. The Hall–Kier alpha value is -1.21. The summed E-state index contributed by atoms with van der Waals surface area (Å²) in [6.07, 6.45) is 5.59. The van der Waals surface area contributed by atoms with Crippen molar-refractivity contribution in [2.75, 3.05) is 6.54 Å². The lowest BCUT2D eigenvalue weighted by molar-refractivity contribution is 0.0953. The average molecular weight is 256 g/mol. The molecule has 0 spiro atoms. The van der Waals surface area contributed by atoms with E-state index in [2.05, 4.69) is 27.2 Å². The maximum atomic E-state index is 11.5. The van der Waals surface area contributed by atoms with Crippen LogP contribution in [0.15, 0.2) is 15.2 Å². The lowest BCUT2D eigenvalue weighted by atomic mass is 10.2. The Bertz CT molecular complexity index is 376. The summed E-state index contributed by atoms with van der Waals surface area (Å²) < 4.78 is 5.71. The molecule has 0 aliphatic heterocycles. The van der Waals surface area contributed by atoms with Gasteiger partial charge in [0, 0.05) is 19.0 Å². The van der Waals surface area contributed by atoms with Crippen LogP contribution in [0.5, 0.6) is 0 Å². The van der Waals surface area contributed by atoms with Gasteiger partial charge in [-0.1, -0.05) is 0 Å². The Morgan fingerprint density at radius 1 is 1.79 bits per heavy atom. The van der Waals surface area contributed by atoms with Gasteiger partial charge in [-0.25, -0.2) is 0 Å². The number of halogens is 1. The van der Waals surface area contributed by atoms with E-state index in [0.717, 1.165) is 0 Å². The fraction of sp³-hybridized carbons (Fsp3) is 0.300. The molecule has 0 unspecified atom stereocenters. The van der Waals surface area contributed by atoms with E-state index >= 15 is 0 Å². The number of rotatable bonds is 3. The van der Waals surface area contributed by atoms with E-state index in [1.165, 1.54) is 0 Å². The summed E-state index contributed by atoms with van der Waals surface area (Å²) in [6.45, 7) is 2.22. The minimum absolute atomic E-state index is 0.160. The summed E-state index contributed by atoms with van der Waals surface area (Å²) in [5, 5.41) is 2.69. The van der Waals surface area contributed by atoms with Crippen molar-refractivity contribution < 1.29 is 9.21 Å². The van der Waals surface area contributed by atoms with Crippen LogP contribution in [0.25, 0.3) is 0 Å². The van der Waals surface area contributed by atoms with Crippen molar-refractivity contribution in [3.8, 4) is 12.3 Å². The SMILES string of the molecule is C#CCCNC(=O)c1cc(Br)oc1C. The van der Waals surface area contributed by atoms with E-state index in [9.17, 15) is 4.79 Å². The molecule has 0 fully saturated rings. The molecule has 1 amide bonds. The standard InChI is InChI=1S/C10H10BrNO2/c1-3-4-5-12-10(13)8-6-9(11)14-7(8)2/h1,6H,4-5H2,2H3,(H,12,13). The monoisotopic (exact) mass is 255 g/mol. The highest BCUT2D eigenvalue weighted by Crippen LogP contribution is 2.19. The molecule has 74 valence electrons. The van der Waals surface area contributed by atoms with E-state index in [0.29, 0.717) is 29.0 Å². The number of hydrogen-bond donors (Lipinski definition) is 1. The van der Waals surface area contributed by atoms with E-state index in [1.54, 1.807) is 13.0 Å². The van der Waals surface area contributed by atoms with Gasteiger partial charge in [-0.05, 0) is 22.9 Å².